The number of aromatic nitrogens is 2. The Morgan fingerprint density at radius 1 is 1.10 bits per heavy atom. The van der Waals surface area contributed by atoms with E-state index in [2.05, 4.69) is 22.1 Å². The molecule has 0 spiro atoms. The molecule has 0 aliphatic rings. The summed E-state index contributed by atoms with van der Waals surface area (Å²) in [7, 11) is -3.77. The molecular formula is C22H26N4O3S. The van der Waals surface area contributed by atoms with Gasteiger partial charge in [0, 0.05) is 23.9 Å². The van der Waals surface area contributed by atoms with E-state index in [1.54, 1.807) is 54.2 Å². The number of sulfonamides is 1. The maximum Gasteiger partial charge on any atom is 0.262 e. The summed E-state index contributed by atoms with van der Waals surface area (Å²) >= 11 is 0. The molecule has 0 aliphatic carbocycles. The van der Waals surface area contributed by atoms with Crippen molar-refractivity contribution in [3.63, 3.8) is 0 Å². The number of anilines is 2. The normalized spacial score (nSPS) is 11.3. The fourth-order valence-corrected chi connectivity index (χ4v) is 4.42. The molecule has 8 heteroatoms. The van der Waals surface area contributed by atoms with Crippen LogP contribution in [0.5, 0.6) is 0 Å². The largest absolute Gasteiger partial charge is 0.307 e. The molecule has 0 saturated carbocycles. The van der Waals surface area contributed by atoms with Crippen molar-refractivity contribution >= 4 is 27.4 Å². The lowest BCUT2D eigenvalue weighted by atomic mass is 10.2. The van der Waals surface area contributed by atoms with Crippen LogP contribution in [0.1, 0.15) is 41.3 Å². The predicted octanol–water partition coefficient (Wildman–Crippen LogP) is 4.35. The van der Waals surface area contributed by atoms with E-state index in [9.17, 15) is 13.2 Å². The molecule has 3 rings (SSSR count). The van der Waals surface area contributed by atoms with Crippen LogP contribution in [0.15, 0.2) is 59.6 Å². The molecule has 2 N–H and O–H groups in total. The van der Waals surface area contributed by atoms with E-state index in [4.69, 9.17) is 0 Å². The summed E-state index contributed by atoms with van der Waals surface area (Å²) in [6.45, 7) is 6.40. The van der Waals surface area contributed by atoms with Gasteiger partial charge in [-0.1, -0.05) is 31.5 Å². The minimum Gasteiger partial charge on any atom is -0.307 e. The highest BCUT2D eigenvalue weighted by molar-refractivity contribution is 7.92. The van der Waals surface area contributed by atoms with Crippen LogP contribution in [0.3, 0.4) is 0 Å². The lowest BCUT2D eigenvalue weighted by Gasteiger charge is -2.12. The van der Waals surface area contributed by atoms with Gasteiger partial charge in [0.05, 0.1) is 11.1 Å². The molecule has 0 unspecified atom stereocenters. The molecule has 0 bridgehead atoms. The van der Waals surface area contributed by atoms with Crippen molar-refractivity contribution in [1.82, 2.24) is 9.78 Å². The number of hydrogen-bond donors (Lipinski definition) is 2. The van der Waals surface area contributed by atoms with Gasteiger partial charge in [0.15, 0.2) is 0 Å². The van der Waals surface area contributed by atoms with Gasteiger partial charge in [0.1, 0.15) is 5.82 Å². The van der Waals surface area contributed by atoms with E-state index in [0.717, 1.165) is 24.9 Å². The van der Waals surface area contributed by atoms with Crippen molar-refractivity contribution < 1.29 is 13.2 Å². The highest BCUT2D eigenvalue weighted by atomic mass is 32.2. The zero-order chi connectivity index (χ0) is 21.7. The predicted molar refractivity (Wildman–Crippen MR) is 118 cm³/mol. The first-order valence-corrected chi connectivity index (χ1v) is 11.3. The maximum atomic E-state index is 12.8. The molecule has 1 amide bonds. The Balaban J connectivity index is 1.78. The molecule has 0 radical (unpaired) electrons. The Kier molecular flexibility index (Phi) is 6.56. The number of nitrogens with zero attached hydrogens (tertiary/aromatic N) is 2. The average Bonchev–Trinajstić information content (AvgIpc) is 3.14. The smallest absolute Gasteiger partial charge is 0.262 e. The molecule has 1 aromatic heterocycles. The summed E-state index contributed by atoms with van der Waals surface area (Å²) in [6.07, 6.45) is 3.62. The van der Waals surface area contributed by atoms with E-state index < -0.39 is 10.0 Å². The first kappa shape index (κ1) is 21.6. The van der Waals surface area contributed by atoms with E-state index in [1.807, 2.05) is 13.0 Å². The van der Waals surface area contributed by atoms with Crippen LogP contribution >= 0.6 is 0 Å². The number of benzene rings is 2. The summed E-state index contributed by atoms with van der Waals surface area (Å²) in [5.41, 5.74) is 2.18. The monoisotopic (exact) mass is 426 g/mol. The van der Waals surface area contributed by atoms with E-state index in [0.29, 0.717) is 22.6 Å². The van der Waals surface area contributed by atoms with Gasteiger partial charge < -0.3 is 5.32 Å². The Hall–Kier alpha value is -3.13. The minimum atomic E-state index is -3.77. The summed E-state index contributed by atoms with van der Waals surface area (Å²) in [4.78, 5) is 12.9. The fourth-order valence-electron chi connectivity index (χ4n) is 3.04. The van der Waals surface area contributed by atoms with Crippen LogP contribution in [-0.4, -0.2) is 24.1 Å². The van der Waals surface area contributed by atoms with Crippen molar-refractivity contribution in [3.8, 4) is 0 Å². The third kappa shape index (κ3) is 5.07. The second-order valence-corrected chi connectivity index (χ2v) is 8.85. The molecule has 0 fully saturated rings. The van der Waals surface area contributed by atoms with Crippen LogP contribution in [0.25, 0.3) is 0 Å². The summed E-state index contributed by atoms with van der Waals surface area (Å²) in [5.74, 6) is 0.274. The molecular weight excluding hydrogens is 400 g/mol. The van der Waals surface area contributed by atoms with Gasteiger partial charge >= 0.3 is 0 Å². The second kappa shape index (κ2) is 9.13. The fraction of sp³-hybridized carbons (Fsp3) is 0.273. The van der Waals surface area contributed by atoms with Gasteiger partial charge in [-0.2, -0.15) is 5.10 Å². The third-order valence-corrected chi connectivity index (χ3v) is 6.22. The number of nitrogens with one attached hydrogen (secondary N) is 2. The van der Waals surface area contributed by atoms with Crippen LogP contribution in [0, 0.1) is 13.8 Å². The molecule has 7 nitrogen and oxygen atoms in total. The Labute approximate surface area is 177 Å². The molecule has 0 saturated heterocycles. The van der Waals surface area contributed by atoms with Crippen LogP contribution in [-0.2, 0) is 16.6 Å². The SMILES string of the molecule is CCCCn1nccc1NC(=O)c1cccc(NS(=O)(=O)c2cc(C)ccc2C)c1. The summed E-state index contributed by atoms with van der Waals surface area (Å²) in [5, 5.41) is 7.06. The number of carbonyl (C=O) groups excluding carboxylic acids is 1. The highest BCUT2D eigenvalue weighted by Gasteiger charge is 2.18. The first-order valence-electron chi connectivity index (χ1n) is 9.83. The van der Waals surface area contributed by atoms with Crippen molar-refractivity contribution in [1.29, 1.82) is 0 Å². The van der Waals surface area contributed by atoms with Gasteiger partial charge in [0.2, 0.25) is 0 Å². The van der Waals surface area contributed by atoms with Gasteiger partial charge in [0.25, 0.3) is 15.9 Å². The number of rotatable bonds is 8. The molecule has 0 aliphatic heterocycles. The molecule has 158 valence electrons. The maximum absolute atomic E-state index is 12.8. The van der Waals surface area contributed by atoms with Crippen molar-refractivity contribution in [3.05, 3.63) is 71.4 Å². The third-order valence-electron chi connectivity index (χ3n) is 4.69. The zero-order valence-corrected chi connectivity index (χ0v) is 18.2. The van der Waals surface area contributed by atoms with Crippen molar-refractivity contribution in [2.45, 2.75) is 45.1 Å². The molecule has 2 aromatic carbocycles. The van der Waals surface area contributed by atoms with Crippen LogP contribution < -0.4 is 10.0 Å². The van der Waals surface area contributed by atoms with Crippen molar-refractivity contribution in [2.24, 2.45) is 0 Å². The Morgan fingerprint density at radius 3 is 2.67 bits per heavy atom. The average molecular weight is 427 g/mol. The number of carbonyl (C=O) groups is 1. The van der Waals surface area contributed by atoms with E-state index in [1.165, 1.54) is 6.07 Å². The van der Waals surface area contributed by atoms with E-state index in [-0.39, 0.29) is 10.8 Å². The molecule has 1 heterocycles. The van der Waals surface area contributed by atoms with Gasteiger partial charge in [-0.15, -0.1) is 0 Å². The highest BCUT2D eigenvalue weighted by Crippen LogP contribution is 2.21. The molecule has 3 aromatic rings. The number of aryl methyl sites for hydroxylation is 3. The lowest BCUT2D eigenvalue weighted by molar-refractivity contribution is 0.102. The van der Waals surface area contributed by atoms with Gasteiger partial charge in [-0.05, 0) is 55.7 Å². The standard InChI is InChI=1S/C22H26N4O3S/c1-4-5-13-26-21(11-12-23-26)24-22(27)18-7-6-8-19(15-18)25-30(28,29)20-14-16(2)9-10-17(20)3/h6-12,14-15,25H,4-5,13H2,1-3H3,(H,24,27). The quantitative estimate of drug-likeness (QED) is 0.560. The topological polar surface area (TPSA) is 93.1 Å². The molecule has 0 atom stereocenters. The van der Waals surface area contributed by atoms with Crippen molar-refractivity contribution in [2.75, 3.05) is 10.0 Å². The summed E-state index contributed by atoms with van der Waals surface area (Å²) in [6, 6.07) is 13.4. The molecule has 30 heavy (non-hydrogen) atoms. The number of hydrogen-bond acceptors (Lipinski definition) is 4. The van der Waals surface area contributed by atoms with Crippen LogP contribution in [0.2, 0.25) is 0 Å². The number of unbranched alkanes of at least 4 members (excludes halogenated alkanes) is 1. The Bertz CT molecular complexity index is 1150. The summed E-state index contributed by atoms with van der Waals surface area (Å²) < 4.78 is 30.0. The first-order chi connectivity index (χ1) is 14.3. The lowest BCUT2D eigenvalue weighted by Crippen LogP contribution is -2.17. The van der Waals surface area contributed by atoms with E-state index >= 15 is 0 Å². The number of amides is 1. The zero-order valence-electron chi connectivity index (χ0n) is 17.3. The van der Waals surface area contributed by atoms with Gasteiger partial charge in [-0.25, -0.2) is 13.1 Å². The van der Waals surface area contributed by atoms with Gasteiger partial charge in [-0.3, -0.25) is 9.52 Å². The minimum absolute atomic E-state index is 0.220. The second-order valence-electron chi connectivity index (χ2n) is 7.20. The van der Waals surface area contributed by atoms with Crippen LogP contribution in [0.4, 0.5) is 11.5 Å². The Morgan fingerprint density at radius 2 is 1.90 bits per heavy atom.